The van der Waals surface area contributed by atoms with Crippen LogP contribution in [-0.2, 0) is 17.6 Å². The predicted molar refractivity (Wildman–Crippen MR) is 59.0 cm³/mol. The molecule has 0 aromatic carbocycles. The molecule has 0 radical (unpaired) electrons. The lowest BCUT2D eigenvalue weighted by atomic mass is 10.1. The maximum absolute atomic E-state index is 9.48. The lowest BCUT2D eigenvalue weighted by Gasteiger charge is -2.04. The Kier molecular flexibility index (Phi) is 5.42. The van der Waals surface area contributed by atoms with E-state index in [2.05, 4.69) is 24.0 Å². The number of aliphatic hydroxyl groups excluding tert-OH is 1. The zero-order valence-electron chi connectivity index (χ0n) is 10.1. The number of aryl methyl sites for hydroxylation is 1. The molecule has 92 valence electrons. The van der Waals surface area contributed by atoms with E-state index in [4.69, 9.17) is 9.26 Å². The number of ether oxygens (including phenoxy) is 1. The Balaban J connectivity index is 2.39. The molecule has 0 aliphatic heterocycles. The van der Waals surface area contributed by atoms with Crippen molar-refractivity contribution in [3.63, 3.8) is 0 Å². The lowest BCUT2D eigenvalue weighted by molar-refractivity contribution is 0.0599. The highest BCUT2D eigenvalue weighted by molar-refractivity contribution is 4.88. The van der Waals surface area contributed by atoms with Crippen LogP contribution in [0.15, 0.2) is 4.52 Å². The number of hydrogen-bond donors (Lipinski definition) is 1. The van der Waals surface area contributed by atoms with Crippen molar-refractivity contribution in [1.29, 1.82) is 0 Å². The highest BCUT2D eigenvalue weighted by Gasteiger charge is 2.12. The molecule has 1 aromatic heterocycles. The fraction of sp³-hybridized carbons (Fsp3) is 0.818. The van der Waals surface area contributed by atoms with Gasteiger partial charge in [0.05, 0.1) is 19.1 Å². The van der Waals surface area contributed by atoms with Gasteiger partial charge in [-0.1, -0.05) is 19.0 Å². The van der Waals surface area contributed by atoms with E-state index in [1.807, 2.05) is 0 Å². The van der Waals surface area contributed by atoms with Crippen molar-refractivity contribution in [3.8, 4) is 0 Å². The summed E-state index contributed by atoms with van der Waals surface area (Å²) in [5, 5.41) is 13.3. The molecule has 5 nitrogen and oxygen atoms in total. The summed E-state index contributed by atoms with van der Waals surface area (Å²) in [6, 6.07) is 0. The van der Waals surface area contributed by atoms with Crippen molar-refractivity contribution in [3.05, 3.63) is 11.7 Å². The molecule has 1 atom stereocenters. The topological polar surface area (TPSA) is 68.4 Å². The lowest BCUT2D eigenvalue weighted by Crippen LogP contribution is -2.17. The first-order valence-corrected chi connectivity index (χ1v) is 5.60. The second-order valence-corrected chi connectivity index (χ2v) is 4.35. The van der Waals surface area contributed by atoms with Gasteiger partial charge >= 0.3 is 0 Å². The molecule has 5 heteroatoms. The molecule has 0 amide bonds. The molecule has 1 unspecified atom stereocenters. The smallest absolute Gasteiger partial charge is 0.229 e. The quantitative estimate of drug-likeness (QED) is 0.759. The van der Waals surface area contributed by atoms with E-state index >= 15 is 0 Å². The van der Waals surface area contributed by atoms with E-state index in [-0.39, 0.29) is 6.61 Å². The van der Waals surface area contributed by atoms with Crippen LogP contribution >= 0.6 is 0 Å². The van der Waals surface area contributed by atoms with Crippen LogP contribution in [0.3, 0.4) is 0 Å². The summed E-state index contributed by atoms with van der Waals surface area (Å²) < 4.78 is 9.86. The van der Waals surface area contributed by atoms with Crippen LogP contribution < -0.4 is 0 Å². The van der Waals surface area contributed by atoms with E-state index in [9.17, 15) is 5.11 Å². The second kappa shape index (κ2) is 6.60. The minimum atomic E-state index is -0.580. The van der Waals surface area contributed by atoms with Gasteiger partial charge in [-0.15, -0.1) is 0 Å². The molecular formula is C11H20N2O3. The van der Waals surface area contributed by atoms with Crippen LogP contribution in [0.25, 0.3) is 0 Å². The molecule has 0 fully saturated rings. The van der Waals surface area contributed by atoms with E-state index in [0.717, 1.165) is 12.8 Å². The third-order valence-corrected chi connectivity index (χ3v) is 2.22. The first kappa shape index (κ1) is 13.1. The Morgan fingerprint density at radius 3 is 2.81 bits per heavy atom. The van der Waals surface area contributed by atoms with Crippen LogP contribution in [0.1, 0.15) is 32.0 Å². The zero-order chi connectivity index (χ0) is 12.0. The van der Waals surface area contributed by atoms with Gasteiger partial charge in [-0.05, 0) is 12.3 Å². The fourth-order valence-corrected chi connectivity index (χ4v) is 1.35. The van der Waals surface area contributed by atoms with Gasteiger partial charge in [0.25, 0.3) is 0 Å². The number of rotatable bonds is 7. The molecular weight excluding hydrogens is 208 g/mol. The fourth-order valence-electron chi connectivity index (χ4n) is 1.35. The molecule has 1 heterocycles. The maximum Gasteiger partial charge on any atom is 0.229 e. The van der Waals surface area contributed by atoms with Gasteiger partial charge in [0, 0.05) is 13.5 Å². The molecule has 1 aromatic rings. The van der Waals surface area contributed by atoms with Crippen molar-refractivity contribution in [2.24, 2.45) is 5.92 Å². The minimum absolute atomic E-state index is 0.281. The predicted octanol–water partition coefficient (Wildman–Crippen LogP) is 1.21. The summed E-state index contributed by atoms with van der Waals surface area (Å²) in [5.41, 5.74) is 0. The Morgan fingerprint density at radius 2 is 2.19 bits per heavy atom. The Hall–Kier alpha value is -0.940. The third-order valence-electron chi connectivity index (χ3n) is 2.22. The summed E-state index contributed by atoms with van der Waals surface area (Å²) in [7, 11) is 1.55. The normalized spacial score (nSPS) is 13.3. The number of hydrogen-bond acceptors (Lipinski definition) is 5. The molecule has 0 aliphatic carbocycles. The number of methoxy groups -OCH3 is 1. The summed E-state index contributed by atoms with van der Waals surface area (Å²) in [6.07, 6.45) is 1.63. The van der Waals surface area contributed by atoms with Gasteiger partial charge in [0.1, 0.15) is 0 Å². The van der Waals surface area contributed by atoms with E-state index in [0.29, 0.717) is 24.1 Å². The average molecular weight is 228 g/mol. The van der Waals surface area contributed by atoms with Gasteiger partial charge in [-0.25, -0.2) is 0 Å². The van der Waals surface area contributed by atoms with Crippen molar-refractivity contribution >= 4 is 0 Å². The molecule has 0 spiro atoms. The zero-order valence-corrected chi connectivity index (χ0v) is 10.1. The van der Waals surface area contributed by atoms with E-state index in [1.54, 1.807) is 7.11 Å². The number of aromatic nitrogens is 2. The first-order valence-electron chi connectivity index (χ1n) is 5.60. The van der Waals surface area contributed by atoms with Gasteiger partial charge in [-0.2, -0.15) is 4.98 Å². The third kappa shape index (κ3) is 4.72. The van der Waals surface area contributed by atoms with Gasteiger partial charge in [-0.3, -0.25) is 0 Å². The monoisotopic (exact) mass is 228 g/mol. The minimum Gasteiger partial charge on any atom is -0.390 e. The molecule has 1 rings (SSSR count). The van der Waals surface area contributed by atoms with Gasteiger partial charge < -0.3 is 14.4 Å². The number of aliphatic hydroxyl groups is 1. The second-order valence-electron chi connectivity index (χ2n) is 4.35. The van der Waals surface area contributed by atoms with Crippen LogP contribution in [0.2, 0.25) is 0 Å². The summed E-state index contributed by atoms with van der Waals surface area (Å²) in [4.78, 5) is 4.21. The van der Waals surface area contributed by atoms with Crippen molar-refractivity contribution < 1.29 is 14.4 Å². The summed E-state index contributed by atoms with van der Waals surface area (Å²) in [5.74, 6) is 1.82. The highest BCUT2D eigenvalue weighted by Crippen LogP contribution is 2.07. The van der Waals surface area contributed by atoms with Crippen molar-refractivity contribution in [2.45, 2.75) is 39.2 Å². The SMILES string of the molecule is COCC(O)Cc1nc(CCC(C)C)no1. The summed E-state index contributed by atoms with van der Waals surface area (Å²) >= 11 is 0. The van der Waals surface area contributed by atoms with Crippen LogP contribution in [0.5, 0.6) is 0 Å². The Morgan fingerprint density at radius 1 is 1.44 bits per heavy atom. The highest BCUT2D eigenvalue weighted by atomic mass is 16.5. The van der Waals surface area contributed by atoms with E-state index < -0.39 is 6.10 Å². The average Bonchev–Trinajstić information content (AvgIpc) is 2.63. The standard InChI is InChI=1S/C11H20N2O3/c1-8(2)4-5-10-12-11(16-13-10)6-9(14)7-15-3/h8-9,14H,4-7H2,1-3H3. The molecule has 16 heavy (non-hydrogen) atoms. The molecule has 0 aliphatic rings. The number of nitrogens with zero attached hydrogens (tertiary/aromatic N) is 2. The molecule has 0 bridgehead atoms. The van der Waals surface area contributed by atoms with Gasteiger partial charge in [0.15, 0.2) is 5.82 Å². The van der Waals surface area contributed by atoms with Gasteiger partial charge in [0.2, 0.25) is 5.89 Å². The van der Waals surface area contributed by atoms with Crippen LogP contribution in [0, 0.1) is 5.92 Å². The van der Waals surface area contributed by atoms with Crippen molar-refractivity contribution in [2.75, 3.05) is 13.7 Å². The Bertz CT molecular complexity index is 299. The molecule has 1 N–H and O–H groups in total. The molecule has 0 saturated carbocycles. The van der Waals surface area contributed by atoms with Crippen LogP contribution in [-0.4, -0.2) is 35.1 Å². The Labute approximate surface area is 95.8 Å². The van der Waals surface area contributed by atoms with Crippen molar-refractivity contribution in [1.82, 2.24) is 10.1 Å². The van der Waals surface area contributed by atoms with Crippen LogP contribution in [0.4, 0.5) is 0 Å². The summed E-state index contributed by atoms with van der Waals surface area (Å²) in [6.45, 7) is 4.59. The largest absolute Gasteiger partial charge is 0.390 e. The van der Waals surface area contributed by atoms with E-state index in [1.165, 1.54) is 0 Å². The molecule has 0 saturated heterocycles. The first-order chi connectivity index (χ1) is 7.61. The maximum atomic E-state index is 9.48.